The van der Waals surface area contributed by atoms with Crippen LogP contribution in [0, 0.1) is 0 Å². The number of benzene rings is 6. The summed E-state index contributed by atoms with van der Waals surface area (Å²) >= 11 is 0. The zero-order valence-corrected chi connectivity index (χ0v) is 55.3. The number of nitrogens with one attached hydrogen (secondary N) is 6. The fourth-order valence-electron chi connectivity index (χ4n) is 10.2. The van der Waals surface area contributed by atoms with E-state index in [0.717, 1.165) is 16.7 Å². The average Bonchev–Trinajstić information content (AvgIpc) is 0.810. The van der Waals surface area contributed by atoms with Gasteiger partial charge in [0.05, 0.1) is 0 Å². The maximum Gasteiger partial charge on any atom is 0.407 e. The van der Waals surface area contributed by atoms with E-state index in [-0.39, 0.29) is 55.6 Å². The molecule has 6 aromatic rings. The number of carbonyl (C=O) groups excluding carboxylic acids is 9. The summed E-state index contributed by atoms with van der Waals surface area (Å²) in [6.07, 6.45) is 0.147. The fourth-order valence-corrected chi connectivity index (χ4v) is 10.2. The van der Waals surface area contributed by atoms with Crippen LogP contribution in [0.4, 0.5) is 31.4 Å². The van der Waals surface area contributed by atoms with Crippen LogP contribution in [0.15, 0.2) is 164 Å². The molecule has 0 aliphatic heterocycles. The number of rotatable bonds is 30. The third kappa shape index (κ3) is 21.8. The Balaban J connectivity index is 1.28. The van der Waals surface area contributed by atoms with Gasteiger partial charge >= 0.3 is 18.3 Å². The van der Waals surface area contributed by atoms with Gasteiger partial charge in [-0.3, -0.25) is 28.8 Å². The fraction of sp³-hybridized carbons (Fsp3) is 0.384. The van der Waals surface area contributed by atoms with Crippen molar-refractivity contribution in [3.05, 3.63) is 197 Å². The van der Waals surface area contributed by atoms with Crippen LogP contribution < -0.4 is 49.1 Å². The monoisotopic (exact) mass is 1290 g/mol. The second kappa shape index (κ2) is 32.8. The number of unbranched alkanes of at least 4 members (excludes halogenated alkanes) is 3. The van der Waals surface area contributed by atoms with Crippen LogP contribution >= 0.6 is 0 Å². The number of amides is 6. The molecule has 0 bridgehead atoms. The molecule has 0 saturated carbocycles. The molecule has 0 heterocycles. The van der Waals surface area contributed by atoms with Crippen molar-refractivity contribution in [2.24, 2.45) is 17.2 Å². The van der Waals surface area contributed by atoms with E-state index in [0.29, 0.717) is 55.6 Å². The third-order valence-electron chi connectivity index (χ3n) is 15.0. The second-order valence-corrected chi connectivity index (χ2v) is 26.3. The first-order valence-electron chi connectivity index (χ1n) is 31.6. The summed E-state index contributed by atoms with van der Waals surface area (Å²) in [4.78, 5) is 123. The second-order valence-electron chi connectivity index (χ2n) is 26.3. The van der Waals surface area contributed by atoms with E-state index in [9.17, 15) is 43.2 Å². The van der Waals surface area contributed by atoms with Crippen molar-refractivity contribution in [1.82, 2.24) is 16.0 Å². The highest BCUT2D eigenvalue weighted by Gasteiger charge is 2.44. The molecule has 0 radical (unpaired) electrons. The predicted octanol–water partition coefficient (Wildman–Crippen LogP) is 11.5. The Kier molecular flexibility index (Phi) is 25.7. The summed E-state index contributed by atoms with van der Waals surface area (Å²) in [5.41, 5.74) is 16.3. The van der Waals surface area contributed by atoms with Crippen molar-refractivity contribution in [3.63, 3.8) is 0 Å². The number of hydrogen-bond donors (Lipinski definition) is 9. The maximum absolute atomic E-state index is 14.4. The highest BCUT2D eigenvalue weighted by molar-refractivity contribution is 6.22. The molecule has 6 amide bonds. The first-order chi connectivity index (χ1) is 44.3. The minimum atomic E-state index is -2.01. The Labute approximate surface area is 550 Å². The van der Waals surface area contributed by atoms with Gasteiger partial charge in [0, 0.05) is 59.3 Å². The molecule has 500 valence electrons. The molecule has 21 nitrogen and oxygen atoms in total. The summed E-state index contributed by atoms with van der Waals surface area (Å²) < 4.78 is 16.0. The molecule has 0 aliphatic rings. The number of anilines is 3. The van der Waals surface area contributed by atoms with E-state index in [1.807, 2.05) is 0 Å². The number of Topliss-reactive ketones (excluding diaryl/α,β-unsaturated/α-hetero) is 3. The highest BCUT2D eigenvalue weighted by Crippen LogP contribution is 2.35. The number of nitrogens with two attached hydrogens (primary N) is 3. The van der Waals surface area contributed by atoms with Crippen molar-refractivity contribution in [2.75, 3.05) is 35.6 Å². The van der Waals surface area contributed by atoms with Crippen molar-refractivity contribution in [1.29, 1.82) is 0 Å². The Morgan fingerprint density at radius 3 is 0.766 bits per heavy atom. The summed E-state index contributed by atoms with van der Waals surface area (Å²) in [6, 6.07) is 45.7. The van der Waals surface area contributed by atoms with Crippen LogP contribution in [0.2, 0.25) is 0 Å². The topological polar surface area (TPSA) is 332 Å². The van der Waals surface area contributed by atoms with Gasteiger partial charge < -0.3 is 63.3 Å². The van der Waals surface area contributed by atoms with Gasteiger partial charge in [-0.05, 0) is 173 Å². The van der Waals surface area contributed by atoms with Crippen LogP contribution in [0.25, 0.3) is 0 Å². The molecule has 0 spiro atoms. The van der Waals surface area contributed by atoms with Gasteiger partial charge in [-0.2, -0.15) is 0 Å². The van der Waals surface area contributed by atoms with E-state index in [2.05, 4.69) is 31.9 Å². The van der Waals surface area contributed by atoms with E-state index < -0.39 is 92.7 Å². The van der Waals surface area contributed by atoms with E-state index in [1.54, 1.807) is 226 Å². The smallest absolute Gasteiger partial charge is 0.407 e. The van der Waals surface area contributed by atoms with Crippen LogP contribution in [0.5, 0.6) is 0 Å². The largest absolute Gasteiger partial charge is 0.444 e. The number of carbonyl (C=O) groups is 9. The lowest BCUT2D eigenvalue weighted by Gasteiger charge is -2.28. The molecule has 6 aromatic carbocycles. The number of hydrogen-bond acceptors (Lipinski definition) is 15. The zero-order chi connectivity index (χ0) is 68.9. The van der Waals surface area contributed by atoms with Gasteiger partial charge in [0.1, 0.15) is 16.8 Å². The van der Waals surface area contributed by atoms with E-state index in [1.165, 1.54) is 0 Å². The first kappa shape index (κ1) is 73.5. The molecule has 0 aliphatic carbocycles. The summed E-state index contributed by atoms with van der Waals surface area (Å²) in [5.74, 6) is -4.56. The molecule has 21 heteroatoms. The molecule has 0 saturated heterocycles. The number of alkyl carbamates (subject to hydrolysis) is 3. The predicted molar refractivity (Wildman–Crippen MR) is 363 cm³/mol. The molecule has 12 N–H and O–H groups in total. The van der Waals surface area contributed by atoms with Crippen molar-refractivity contribution in [2.45, 2.75) is 159 Å². The normalized spacial score (nSPS) is 13.5. The molecule has 3 atom stereocenters. The molecular formula is C73H91N9O12. The van der Waals surface area contributed by atoms with Gasteiger partial charge in [-0.25, -0.2) is 14.4 Å². The van der Waals surface area contributed by atoms with Gasteiger partial charge in [0.25, 0.3) is 17.7 Å². The van der Waals surface area contributed by atoms with Crippen molar-refractivity contribution >= 4 is 70.4 Å². The van der Waals surface area contributed by atoms with Crippen LogP contribution in [-0.2, 0) is 28.6 Å². The Morgan fingerprint density at radius 2 is 0.553 bits per heavy atom. The lowest BCUT2D eigenvalue weighted by molar-refractivity contribution is -0.120. The van der Waals surface area contributed by atoms with Gasteiger partial charge in [-0.1, -0.05) is 127 Å². The zero-order valence-electron chi connectivity index (χ0n) is 55.3. The Bertz CT molecular complexity index is 3180. The Hall–Kier alpha value is -9.57. The molecular weight excluding hydrogens is 1190 g/mol. The quantitative estimate of drug-likeness (QED) is 0.00665. The van der Waals surface area contributed by atoms with Crippen molar-refractivity contribution in [3.8, 4) is 0 Å². The lowest BCUT2D eigenvalue weighted by Crippen LogP contribution is -2.57. The molecule has 0 fully saturated rings. The summed E-state index contributed by atoms with van der Waals surface area (Å²) in [6.45, 7) is 16.4. The van der Waals surface area contributed by atoms with Gasteiger partial charge in [0.15, 0.2) is 34.0 Å². The third-order valence-corrected chi connectivity index (χ3v) is 15.0. The Morgan fingerprint density at radius 1 is 0.330 bits per heavy atom. The first-order valence-corrected chi connectivity index (χ1v) is 31.6. The summed E-state index contributed by atoms with van der Waals surface area (Å²) in [7, 11) is 0. The van der Waals surface area contributed by atoms with Crippen LogP contribution in [0.3, 0.4) is 0 Å². The standard InChI is InChI=1S/C73H91N9O12/c1-68(2,3)92-65(89)77-46-22-19-43-71(74,59(83)52-25-13-10-14-26-52)62(86)80-55-37-31-49(32-38-55)58(50-33-39-56(40-34-50)81-63(87)72(75,60(84)53-27-15-11-16-28-53)44-20-23-47-78-66(90)93-69(4,5)6)51-35-41-57(42-36-51)82-64(88)73(76,61(85)54-29-17-12-18-30-54)45-21-24-48-79-67(91)94-70(7,8)9/h10-18,25-42,58H,19-24,43-48,74-76H2,1-9H3,(H,77,89)(H,78,90)(H,79,91)(H,80,86)(H,81,87)(H,82,88)/t71-,72-,73-/m1/s1. The van der Waals surface area contributed by atoms with Crippen LogP contribution in [-0.4, -0.2) is 106 Å². The number of ether oxygens (including phenoxy) is 3. The van der Waals surface area contributed by atoms with E-state index in [4.69, 9.17) is 31.4 Å². The molecule has 0 unspecified atom stereocenters. The highest BCUT2D eigenvalue weighted by atomic mass is 16.6. The summed E-state index contributed by atoms with van der Waals surface area (Å²) in [5, 5.41) is 16.7. The van der Waals surface area contributed by atoms with E-state index >= 15 is 0 Å². The number of ketones is 3. The van der Waals surface area contributed by atoms with Gasteiger partial charge in [0.2, 0.25) is 0 Å². The lowest BCUT2D eigenvalue weighted by atomic mass is 9.83. The minimum absolute atomic E-state index is 0.0506. The average molecular weight is 1290 g/mol. The SMILES string of the molecule is CC(C)(C)OC(=O)NCCCC[C@](N)(C(=O)Nc1ccc(C(c2ccc(NC(=O)[C@@](N)(CCCCNC(=O)OC(C)(C)C)C(=O)c3ccccc3)cc2)c2ccc(NC(=O)[C@@](N)(CCCCNC(=O)OC(C)(C)C)C(=O)c3ccccc3)cc2)cc1)C(=O)c1ccccc1. The molecule has 0 aromatic heterocycles. The maximum atomic E-state index is 14.4. The van der Waals surface area contributed by atoms with Crippen molar-refractivity contribution < 1.29 is 57.4 Å². The molecule has 94 heavy (non-hydrogen) atoms. The molecule has 6 rings (SSSR count). The van der Waals surface area contributed by atoms with Crippen LogP contribution in [0.1, 0.15) is 174 Å². The van der Waals surface area contributed by atoms with Gasteiger partial charge in [-0.15, -0.1) is 0 Å². The minimum Gasteiger partial charge on any atom is -0.444 e.